The van der Waals surface area contributed by atoms with Crippen molar-refractivity contribution >= 4 is 15.8 Å². The maximum atomic E-state index is 13.2. The Morgan fingerprint density at radius 1 is 0.816 bits per heavy atom. The van der Waals surface area contributed by atoms with Crippen LogP contribution in [0.25, 0.3) is 11.3 Å². The van der Waals surface area contributed by atoms with E-state index in [0.29, 0.717) is 23.9 Å². The van der Waals surface area contributed by atoms with Crippen molar-refractivity contribution in [2.24, 2.45) is 0 Å². The number of hydrogen-bond acceptors (Lipinski definition) is 6. The van der Waals surface area contributed by atoms with E-state index in [1.165, 1.54) is 0 Å². The molecular formula is C24H22F6N4O3S. The predicted octanol–water partition coefficient (Wildman–Crippen LogP) is 5.09. The third-order valence-electron chi connectivity index (χ3n) is 5.87. The summed E-state index contributed by atoms with van der Waals surface area (Å²) < 4.78 is 111. The van der Waals surface area contributed by atoms with Gasteiger partial charge in [-0.25, -0.2) is 8.42 Å². The molecule has 4 rings (SSSR count). The minimum atomic E-state index is -5.15. The molecule has 1 aromatic heterocycles. The topological polar surface area (TPSA) is 75.6 Å². The fourth-order valence-corrected chi connectivity index (χ4v) is 5.41. The SMILES string of the molecule is CCOc1ccc(-c2ccc(N3CCN(S(=O)(=O)c4cc(C(F)(F)F)cc(C(F)(F)F)c4)CC3)nn2)cc1. The number of hydrogen-bond donors (Lipinski definition) is 0. The largest absolute Gasteiger partial charge is 0.494 e. The second-order valence-electron chi connectivity index (χ2n) is 8.37. The van der Waals surface area contributed by atoms with Crippen molar-refractivity contribution in [1.82, 2.24) is 14.5 Å². The number of nitrogens with zero attached hydrogens (tertiary/aromatic N) is 4. The molecule has 7 nitrogen and oxygen atoms in total. The first kappa shape index (κ1) is 27.6. The summed E-state index contributed by atoms with van der Waals surface area (Å²) in [4.78, 5) is 0.668. The summed E-state index contributed by atoms with van der Waals surface area (Å²) in [6.07, 6.45) is -10.3. The van der Waals surface area contributed by atoms with E-state index < -0.39 is 38.4 Å². The Morgan fingerprint density at radius 3 is 1.87 bits per heavy atom. The molecular weight excluding hydrogens is 538 g/mol. The first-order valence-corrected chi connectivity index (χ1v) is 12.8. The summed E-state index contributed by atoms with van der Waals surface area (Å²) in [6, 6.07) is 11.0. The van der Waals surface area contributed by atoms with Gasteiger partial charge in [0, 0.05) is 31.7 Å². The zero-order valence-electron chi connectivity index (χ0n) is 19.9. The Hall–Kier alpha value is -3.39. The first-order valence-electron chi connectivity index (χ1n) is 11.4. The normalized spacial score (nSPS) is 15.5. The number of alkyl halides is 6. The van der Waals surface area contributed by atoms with Crippen molar-refractivity contribution in [3.8, 4) is 17.0 Å². The molecule has 0 radical (unpaired) electrons. The van der Waals surface area contributed by atoms with Gasteiger partial charge in [-0.1, -0.05) is 0 Å². The number of piperazine rings is 1. The molecule has 1 saturated heterocycles. The molecule has 2 aromatic carbocycles. The van der Waals surface area contributed by atoms with E-state index >= 15 is 0 Å². The average molecular weight is 561 g/mol. The van der Waals surface area contributed by atoms with Gasteiger partial charge < -0.3 is 9.64 Å². The lowest BCUT2D eigenvalue weighted by atomic mass is 10.1. The first-order chi connectivity index (χ1) is 17.8. The summed E-state index contributed by atoms with van der Waals surface area (Å²) in [7, 11) is -4.62. The second-order valence-corrected chi connectivity index (χ2v) is 10.3. The molecule has 2 heterocycles. The van der Waals surface area contributed by atoms with Gasteiger partial charge in [-0.05, 0) is 61.5 Å². The Bertz CT molecular complexity index is 1340. The van der Waals surface area contributed by atoms with Crippen molar-refractivity contribution in [2.75, 3.05) is 37.7 Å². The molecule has 0 bridgehead atoms. The van der Waals surface area contributed by atoms with Gasteiger partial charge >= 0.3 is 12.4 Å². The third kappa shape index (κ3) is 6.01. The van der Waals surface area contributed by atoms with Crippen LogP contribution in [0.1, 0.15) is 18.1 Å². The molecule has 0 spiro atoms. The highest BCUT2D eigenvalue weighted by molar-refractivity contribution is 7.89. The molecule has 1 aliphatic heterocycles. The number of benzene rings is 2. The van der Waals surface area contributed by atoms with Crippen LogP contribution >= 0.6 is 0 Å². The van der Waals surface area contributed by atoms with Gasteiger partial charge in [0.15, 0.2) is 5.82 Å². The zero-order chi connectivity index (χ0) is 27.7. The predicted molar refractivity (Wildman–Crippen MR) is 126 cm³/mol. The molecule has 204 valence electrons. The molecule has 0 unspecified atom stereocenters. The molecule has 0 aliphatic carbocycles. The van der Waals surface area contributed by atoms with E-state index in [-0.39, 0.29) is 44.4 Å². The monoisotopic (exact) mass is 560 g/mol. The molecule has 0 saturated carbocycles. The van der Waals surface area contributed by atoms with Crippen LogP contribution in [-0.4, -0.2) is 55.7 Å². The molecule has 0 amide bonds. The molecule has 38 heavy (non-hydrogen) atoms. The lowest BCUT2D eigenvalue weighted by Crippen LogP contribution is -2.49. The lowest BCUT2D eigenvalue weighted by molar-refractivity contribution is -0.143. The van der Waals surface area contributed by atoms with Crippen molar-refractivity contribution in [2.45, 2.75) is 24.2 Å². The highest BCUT2D eigenvalue weighted by atomic mass is 32.2. The smallest absolute Gasteiger partial charge is 0.416 e. The fourth-order valence-electron chi connectivity index (χ4n) is 3.92. The Balaban J connectivity index is 1.48. The van der Waals surface area contributed by atoms with Gasteiger partial charge in [-0.3, -0.25) is 0 Å². The van der Waals surface area contributed by atoms with Crippen LogP contribution in [0.3, 0.4) is 0 Å². The fraction of sp³-hybridized carbons (Fsp3) is 0.333. The van der Waals surface area contributed by atoms with E-state index in [1.54, 1.807) is 29.2 Å². The molecule has 1 aliphatic rings. The maximum Gasteiger partial charge on any atom is 0.416 e. The molecule has 0 N–H and O–H groups in total. The molecule has 0 atom stereocenters. The van der Waals surface area contributed by atoms with Crippen LogP contribution in [0.15, 0.2) is 59.5 Å². The van der Waals surface area contributed by atoms with Gasteiger partial charge in [-0.2, -0.15) is 30.6 Å². The average Bonchev–Trinajstić information content (AvgIpc) is 2.88. The van der Waals surface area contributed by atoms with Crippen LogP contribution < -0.4 is 9.64 Å². The van der Waals surface area contributed by atoms with Crippen LogP contribution in [0, 0.1) is 0 Å². The number of rotatable bonds is 6. The molecule has 3 aromatic rings. The molecule has 1 fully saturated rings. The van der Waals surface area contributed by atoms with E-state index in [0.717, 1.165) is 9.87 Å². The van der Waals surface area contributed by atoms with Crippen LogP contribution in [0.4, 0.5) is 32.2 Å². The second kappa shape index (κ2) is 10.4. The van der Waals surface area contributed by atoms with E-state index in [4.69, 9.17) is 4.74 Å². The highest BCUT2D eigenvalue weighted by Crippen LogP contribution is 2.38. The minimum absolute atomic E-state index is 0.105. The zero-order valence-corrected chi connectivity index (χ0v) is 20.7. The Morgan fingerprint density at radius 2 is 1.39 bits per heavy atom. The van der Waals surface area contributed by atoms with Gasteiger partial charge in [0.1, 0.15) is 5.75 Å². The summed E-state index contributed by atoms with van der Waals surface area (Å²) >= 11 is 0. The van der Waals surface area contributed by atoms with Crippen LogP contribution in [-0.2, 0) is 22.4 Å². The highest BCUT2D eigenvalue weighted by Gasteiger charge is 2.39. The third-order valence-corrected chi connectivity index (χ3v) is 7.75. The number of anilines is 1. The summed E-state index contributed by atoms with van der Waals surface area (Å²) in [5.74, 6) is 1.17. The van der Waals surface area contributed by atoms with E-state index in [1.807, 2.05) is 19.1 Å². The number of halogens is 6. The summed E-state index contributed by atoms with van der Waals surface area (Å²) in [5, 5.41) is 8.39. The maximum absolute atomic E-state index is 13.2. The number of aromatic nitrogens is 2. The lowest BCUT2D eigenvalue weighted by Gasteiger charge is -2.34. The Labute approximate surface area is 214 Å². The van der Waals surface area contributed by atoms with Gasteiger partial charge in [-0.15, -0.1) is 10.2 Å². The number of ether oxygens (including phenoxy) is 1. The van der Waals surface area contributed by atoms with Crippen LogP contribution in [0.2, 0.25) is 0 Å². The van der Waals surface area contributed by atoms with Crippen LogP contribution in [0.5, 0.6) is 5.75 Å². The van der Waals surface area contributed by atoms with E-state index in [2.05, 4.69) is 10.2 Å². The standard InChI is InChI=1S/C24H22F6N4O3S/c1-2-37-19-5-3-16(4-6-19)21-7-8-22(32-31-21)33-9-11-34(12-10-33)38(35,36)20-14-17(23(25,26)27)13-18(15-20)24(28,29)30/h3-8,13-15H,2,9-12H2,1H3. The van der Waals surface area contributed by atoms with Crippen molar-refractivity contribution in [3.63, 3.8) is 0 Å². The van der Waals surface area contributed by atoms with Gasteiger partial charge in [0.05, 0.1) is 28.3 Å². The van der Waals surface area contributed by atoms with Crippen molar-refractivity contribution < 1.29 is 39.5 Å². The quantitative estimate of drug-likeness (QED) is 0.391. The van der Waals surface area contributed by atoms with Gasteiger partial charge in [0.25, 0.3) is 0 Å². The minimum Gasteiger partial charge on any atom is -0.494 e. The van der Waals surface area contributed by atoms with E-state index in [9.17, 15) is 34.8 Å². The van der Waals surface area contributed by atoms with Crippen molar-refractivity contribution in [1.29, 1.82) is 0 Å². The Kier molecular flexibility index (Phi) is 7.57. The molecule has 14 heteroatoms. The van der Waals surface area contributed by atoms with Gasteiger partial charge in [0.2, 0.25) is 10.0 Å². The summed E-state index contributed by atoms with van der Waals surface area (Å²) in [6.45, 7) is 2.31. The summed E-state index contributed by atoms with van der Waals surface area (Å²) in [5.41, 5.74) is -1.97. The van der Waals surface area contributed by atoms with Crippen molar-refractivity contribution in [3.05, 3.63) is 65.7 Å². The number of sulfonamides is 1.